The van der Waals surface area contributed by atoms with E-state index in [1.807, 2.05) is 11.3 Å². The Morgan fingerprint density at radius 1 is 0.268 bits per heavy atom. The molecule has 1 nitrogen and oxygen atoms in total. The quantitative estimate of drug-likeness (QED) is 0.154. The van der Waals surface area contributed by atoms with Gasteiger partial charge in [-0.25, -0.2) is 0 Å². The maximum Gasteiger partial charge on any atom is 0.0467 e. The van der Waals surface area contributed by atoms with E-state index in [-0.39, 0.29) is 0 Å². The van der Waals surface area contributed by atoms with E-state index >= 15 is 0 Å². The van der Waals surface area contributed by atoms with E-state index < -0.39 is 0 Å². The van der Waals surface area contributed by atoms with Crippen molar-refractivity contribution < 1.29 is 0 Å². The lowest BCUT2D eigenvalue weighted by Crippen LogP contribution is -2.10. The summed E-state index contributed by atoms with van der Waals surface area (Å²) in [5.41, 5.74) is 10.6. The molecule has 0 N–H and O–H groups in total. The fourth-order valence-electron chi connectivity index (χ4n) is 8.44. The highest BCUT2D eigenvalue weighted by molar-refractivity contribution is 7.25. The van der Waals surface area contributed by atoms with Crippen molar-refractivity contribution in [3.05, 3.63) is 212 Å². The van der Waals surface area contributed by atoms with E-state index in [9.17, 15) is 0 Å². The SMILES string of the molecule is c1ccc(-c2cccc(N(c3ccc(-c4ccc5cc6sc7ccccc7c6cc5c4)cc3)c3ccc(-c4cc5ccccc5c5ccccc45)cc3)c2)cc1. The molecule has 0 fully saturated rings. The minimum Gasteiger partial charge on any atom is -0.310 e. The van der Waals surface area contributed by atoms with Gasteiger partial charge in [0.1, 0.15) is 0 Å². The highest BCUT2D eigenvalue weighted by atomic mass is 32.1. The number of benzene rings is 10. The summed E-state index contributed by atoms with van der Waals surface area (Å²) in [5, 5.41) is 10.3. The molecule has 2 heteroatoms. The minimum absolute atomic E-state index is 1.11. The van der Waals surface area contributed by atoms with E-state index in [1.54, 1.807) is 0 Å². The van der Waals surface area contributed by atoms with Crippen LogP contribution in [0.3, 0.4) is 0 Å². The Labute approximate surface area is 330 Å². The first-order valence-electron chi connectivity index (χ1n) is 19.2. The highest BCUT2D eigenvalue weighted by Gasteiger charge is 2.16. The van der Waals surface area contributed by atoms with Crippen LogP contribution in [0.2, 0.25) is 0 Å². The van der Waals surface area contributed by atoms with E-state index in [0.29, 0.717) is 0 Å². The van der Waals surface area contributed by atoms with Crippen LogP contribution >= 0.6 is 11.3 Å². The number of fused-ring (bicyclic) bond motifs is 7. The molecule has 262 valence electrons. The molecule has 0 saturated heterocycles. The molecule has 1 heterocycles. The zero-order chi connectivity index (χ0) is 37.0. The van der Waals surface area contributed by atoms with Crippen LogP contribution in [0.4, 0.5) is 17.1 Å². The Balaban J connectivity index is 0.997. The number of rotatable bonds is 6. The second-order valence-corrected chi connectivity index (χ2v) is 15.6. The van der Waals surface area contributed by atoms with Crippen LogP contribution in [0.15, 0.2) is 212 Å². The Morgan fingerprint density at radius 2 is 0.875 bits per heavy atom. The first-order chi connectivity index (χ1) is 27.7. The van der Waals surface area contributed by atoms with Gasteiger partial charge < -0.3 is 4.90 Å². The molecule has 0 atom stereocenters. The van der Waals surface area contributed by atoms with Gasteiger partial charge in [-0.15, -0.1) is 11.3 Å². The molecule has 0 amide bonds. The average Bonchev–Trinajstić information content (AvgIpc) is 3.63. The van der Waals surface area contributed by atoms with Crippen molar-refractivity contribution in [2.24, 2.45) is 0 Å². The van der Waals surface area contributed by atoms with Crippen LogP contribution in [0, 0.1) is 0 Å². The normalized spacial score (nSPS) is 11.6. The molecule has 0 spiro atoms. The van der Waals surface area contributed by atoms with Crippen LogP contribution in [0.25, 0.3) is 85.9 Å². The largest absolute Gasteiger partial charge is 0.310 e. The van der Waals surface area contributed by atoms with E-state index in [4.69, 9.17) is 0 Å². The monoisotopic (exact) mass is 729 g/mol. The summed E-state index contributed by atoms with van der Waals surface area (Å²) in [6.45, 7) is 0. The van der Waals surface area contributed by atoms with Gasteiger partial charge in [-0.3, -0.25) is 0 Å². The molecule has 11 rings (SSSR count). The molecular formula is C54H35NS. The van der Waals surface area contributed by atoms with Crippen molar-refractivity contribution in [3.63, 3.8) is 0 Å². The third-order valence-electron chi connectivity index (χ3n) is 11.2. The van der Waals surface area contributed by atoms with Crippen LogP contribution in [0.1, 0.15) is 0 Å². The number of nitrogens with zero attached hydrogens (tertiary/aromatic N) is 1. The predicted molar refractivity (Wildman–Crippen MR) is 243 cm³/mol. The van der Waals surface area contributed by atoms with E-state index in [0.717, 1.165) is 17.1 Å². The zero-order valence-corrected chi connectivity index (χ0v) is 31.4. The third kappa shape index (κ3) is 5.62. The van der Waals surface area contributed by atoms with Gasteiger partial charge in [0.05, 0.1) is 0 Å². The molecule has 56 heavy (non-hydrogen) atoms. The molecule has 0 aliphatic carbocycles. The standard InChI is InChI=1S/C54H35NS/c1-2-11-36(12-3-1)39-14-10-15-46(32-39)55(45-29-25-38(26-30-45)51-33-42-13-4-5-16-47(42)48-17-6-7-18-49(48)51)44-27-23-37(24-28-44)40-21-22-41-35-54-52(34-43(41)31-40)50-19-8-9-20-53(50)56-54/h1-35H. The van der Waals surface area contributed by atoms with Gasteiger partial charge in [0.25, 0.3) is 0 Å². The van der Waals surface area contributed by atoms with Crippen molar-refractivity contribution in [2.75, 3.05) is 4.90 Å². The van der Waals surface area contributed by atoms with E-state index in [2.05, 4.69) is 217 Å². The summed E-state index contributed by atoms with van der Waals surface area (Å²) in [7, 11) is 0. The summed E-state index contributed by atoms with van der Waals surface area (Å²) in [4.78, 5) is 2.37. The van der Waals surface area contributed by atoms with Gasteiger partial charge in [0, 0.05) is 37.2 Å². The summed E-state index contributed by atoms with van der Waals surface area (Å²) >= 11 is 1.87. The minimum atomic E-state index is 1.11. The first kappa shape index (κ1) is 32.4. The lowest BCUT2D eigenvalue weighted by atomic mass is 9.93. The maximum absolute atomic E-state index is 2.37. The summed E-state index contributed by atoms with van der Waals surface area (Å²) in [6.07, 6.45) is 0. The molecule has 0 aliphatic rings. The second-order valence-electron chi connectivity index (χ2n) is 14.5. The fraction of sp³-hybridized carbons (Fsp3) is 0. The van der Waals surface area contributed by atoms with Gasteiger partial charge >= 0.3 is 0 Å². The van der Waals surface area contributed by atoms with Gasteiger partial charge in [-0.05, 0) is 132 Å². The summed E-state index contributed by atoms with van der Waals surface area (Å²) in [5.74, 6) is 0. The van der Waals surface area contributed by atoms with Crippen LogP contribution in [0.5, 0.6) is 0 Å². The van der Waals surface area contributed by atoms with Gasteiger partial charge in [-0.1, -0.05) is 146 Å². The van der Waals surface area contributed by atoms with Crippen LogP contribution in [-0.2, 0) is 0 Å². The third-order valence-corrected chi connectivity index (χ3v) is 12.3. The van der Waals surface area contributed by atoms with Crippen molar-refractivity contribution in [3.8, 4) is 33.4 Å². The number of hydrogen-bond acceptors (Lipinski definition) is 2. The smallest absolute Gasteiger partial charge is 0.0467 e. The lowest BCUT2D eigenvalue weighted by Gasteiger charge is -2.26. The average molecular weight is 730 g/mol. The molecule has 0 radical (unpaired) electrons. The second kappa shape index (κ2) is 13.4. The molecule has 0 bridgehead atoms. The molecule has 1 aromatic heterocycles. The molecule has 11 aromatic rings. The van der Waals surface area contributed by atoms with Gasteiger partial charge in [0.15, 0.2) is 0 Å². The molecule has 10 aromatic carbocycles. The Morgan fingerprint density at radius 3 is 1.68 bits per heavy atom. The highest BCUT2D eigenvalue weighted by Crippen LogP contribution is 2.41. The summed E-state index contributed by atoms with van der Waals surface area (Å²) in [6, 6.07) is 77.7. The van der Waals surface area contributed by atoms with Gasteiger partial charge in [-0.2, -0.15) is 0 Å². The molecule has 0 unspecified atom stereocenters. The number of thiophene rings is 1. The van der Waals surface area contributed by atoms with Crippen molar-refractivity contribution in [2.45, 2.75) is 0 Å². The van der Waals surface area contributed by atoms with E-state index in [1.165, 1.54) is 85.9 Å². The molecular weight excluding hydrogens is 695 g/mol. The van der Waals surface area contributed by atoms with Crippen molar-refractivity contribution in [1.82, 2.24) is 0 Å². The number of hydrogen-bond donors (Lipinski definition) is 0. The topological polar surface area (TPSA) is 3.24 Å². The van der Waals surface area contributed by atoms with Crippen molar-refractivity contribution >= 4 is 80.9 Å². The number of anilines is 3. The first-order valence-corrected chi connectivity index (χ1v) is 20.0. The fourth-order valence-corrected chi connectivity index (χ4v) is 9.57. The van der Waals surface area contributed by atoms with Crippen LogP contribution < -0.4 is 4.90 Å². The Kier molecular flexibility index (Phi) is 7.75. The summed E-state index contributed by atoms with van der Waals surface area (Å²) < 4.78 is 2.68. The van der Waals surface area contributed by atoms with Crippen molar-refractivity contribution in [1.29, 1.82) is 0 Å². The predicted octanol–water partition coefficient (Wildman–Crippen LogP) is 16.0. The zero-order valence-electron chi connectivity index (χ0n) is 30.6. The van der Waals surface area contributed by atoms with Crippen LogP contribution in [-0.4, -0.2) is 0 Å². The Bertz CT molecular complexity index is 3230. The van der Waals surface area contributed by atoms with Gasteiger partial charge in [0.2, 0.25) is 0 Å². The molecule has 0 saturated carbocycles. The maximum atomic E-state index is 2.37. The lowest BCUT2D eigenvalue weighted by molar-refractivity contribution is 1.28. The molecule has 0 aliphatic heterocycles. The Hall–Kier alpha value is -7.00.